The molecule has 1 heterocycles. The van der Waals surface area contributed by atoms with Crippen LogP contribution in [-0.4, -0.2) is 26.4 Å². The Bertz CT molecular complexity index is 895. The first kappa shape index (κ1) is 18.8. The first-order valence-corrected chi connectivity index (χ1v) is 9.57. The van der Waals surface area contributed by atoms with Gasteiger partial charge in [0.2, 0.25) is 5.91 Å². The molecule has 0 aliphatic rings. The van der Waals surface area contributed by atoms with Gasteiger partial charge in [0.1, 0.15) is 5.82 Å². The number of hydrogen-bond donors (Lipinski definition) is 1. The van der Waals surface area contributed by atoms with Gasteiger partial charge in [0.25, 0.3) is 0 Å². The van der Waals surface area contributed by atoms with E-state index < -0.39 is 0 Å². The molecule has 8 heteroatoms. The van der Waals surface area contributed by atoms with Crippen LogP contribution in [-0.2, 0) is 18.3 Å². The number of anilines is 1. The average molecular weight is 407 g/mol. The van der Waals surface area contributed by atoms with Gasteiger partial charge in [0.15, 0.2) is 5.16 Å². The third-order valence-electron chi connectivity index (χ3n) is 3.69. The molecule has 0 fully saturated rings. The summed E-state index contributed by atoms with van der Waals surface area (Å²) < 4.78 is 1.90. The molecule has 3 rings (SSSR count). The molecule has 2 aromatic carbocycles. The molecule has 5 nitrogen and oxygen atoms in total. The second kappa shape index (κ2) is 8.58. The van der Waals surface area contributed by atoms with Crippen LogP contribution in [0.15, 0.2) is 53.7 Å². The highest BCUT2D eigenvalue weighted by Gasteiger charge is 2.14. The standard InChI is InChI=1S/C18H16Cl2N4OS/c1-24-15(10-12-6-3-2-4-7-12)22-23-18(24)26-11-16(25)21-17-13(19)8-5-9-14(17)20/h2-9H,10-11H2,1H3,(H,21,25). The molecule has 1 aromatic heterocycles. The van der Waals surface area contributed by atoms with Crippen molar-refractivity contribution in [3.8, 4) is 0 Å². The Hall–Kier alpha value is -2.02. The number of nitrogens with zero attached hydrogens (tertiary/aromatic N) is 3. The van der Waals surface area contributed by atoms with Crippen molar-refractivity contribution in [3.05, 3.63) is 70.0 Å². The van der Waals surface area contributed by atoms with Gasteiger partial charge in [0.05, 0.1) is 21.5 Å². The molecule has 0 saturated carbocycles. The number of hydrogen-bond acceptors (Lipinski definition) is 4. The van der Waals surface area contributed by atoms with E-state index in [4.69, 9.17) is 23.2 Å². The number of para-hydroxylation sites is 1. The summed E-state index contributed by atoms with van der Waals surface area (Å²) in [6, 6.07) is 15.1. The summed E-state index contributed by atoms with van der Waals surface area (Å²) in [4.78, 5) is 12.2. The lowest BCUT2D eigenvalue weighted by atomic mass is 10.1. The minimum Gasteiger partial charge on any atom is -0.323 e. The Balaban J connectivity index is 1.60. The number of nitrogens with one attached hydrogen (secondary N) is 1. The van der Waals surface area contributed by atoms with Crippen molar-refractivity contribution in [2.75, 3.05) is 11.1 Å². The molecule has 26 heavy (non-hydrogen) atoms. The van der Waals surface area contributed by atoms with Gasteiger partial charge in [-0.05, 0) is 17.7 Å². The first-order chi connectivity index (χ1) is 12.5. The molecule has 0 aliphatic heterocycles. The van der Waals surface area contributed by atoms with Crippen molar-refractivity contribution in [2.24, 2.45) is 7.05 Å². The maximum atomic E-state index is 12.2. The van der Waals surface area contributed by atoms with Gasteiger partial charge in [-0.3, -0.25) is 4.79 Å². The molecule has 0 bridgehead atoms. The highest BCUT2D eigenvalue weighted by molar-refractivity contribution is 7.99. The van der Waals surface area contributed by atoms with Crippen LogP contribution in [0.3, 0.4) is 0 Å². The molecule has 134 valence electrons. The molecule has 0 radical (unpaired) electrons. The van der Waals surface area contributed by atoms with Crippen molar-refractivity contribution < 1.29 is 4.79 Å². The Kier molecular flexibility index (Phi) is 6.19. The second-order valence-corrected chi connectivity index (χ2v) is 7.31. The van der Waals surface area contributed by atoms with Crippen LogP contribution in [0, 0.1) is 0 Å². The number of aromatic nitrogens is 3. The fourth-order valence-electron chi connectivity index (χ4n) is 2.33. The number of benzene rings is 2. The quantitative estimate of drug-likeness (QED) is 0.614. The van der Waals surface area contributed by atoms with E-state index in [1.165, 1.54) is 11.8 Å². The lowest BCUT2D eigenvalue weighted by Gasteiger charge is -2.09. The van der Waals surface area contributed by atoms with Gasteiger partial charge >= 0.3 is 0 Å². The summed E-state index contributed by atoms with van der Waals surface area (Å²) in [5, 5.41) is 12.6. The smallest absolute Gasteiger partial charge is 0.234 e. The predicted molar refractivity (Wildman–Crippen MR) is 106 cm³/mol. The van der Waals surface area contributed by atoms with Crippen molar-refractivity contribution >= 4 is 46.6 Å². The molecular weight excluding hydrogens is 391 g/mol. The summed E-state index contributed by atoms with van der Waals surface area (Å²) in [6.45, 7) is 0. The van der Waals surface area contributed by atoms with Crippen LogP contribution in [0.5, 0.6) is 0 Å². The second-order valence-electron chi connectivity index (χ2n) is 5.55. The largest absolute Gasteiger partial charge is 0.323 e. The van der Waals surface area contributed by atoms with Crippen LogP contribution in [0.25, 0.3) is 0 Å². The number of rotatable bonds is 6. The van der Waals surface area contributed by atoms with Crippen LogP contribution >= 0.6 is 35.0 Å². The van der Waals surface area contributed by atoms with Crippen molar-refractivity contribution in [2.45, 2.75) is 11.6 Å². The van der Waals surface area contributed by atoms with E-state index >= 15 is 0 Å². The first-order valence-electron chi connectivity index (χ1n) is 7.83. The number of amides is 1. The van der Waals surface area contributed by atoms with E-state index in [1.807, 2.05) is 41.9 Å². The molecule has 1 N–H and O–H groups in total. The third-order valence-corrected chi connectivity index (χ3v) is 5.34. The summed E-state index contributed by atoms with van der Waals surface area (Å²) in [7, 11) is 1.89. The molecule has 3 aromatic rings. The highest BCUT2D eigenvalue weighted by atomic mass is 35.5. The van der Waals surface area contributed by atoms with Gasteiger partial charge in [-0.2, -0.15) is 0 Å². The van der Waals surface area contributed by atoms with Gasteiger partial charge in [-0.15, -0.1) is 10.2 Å². The van der Waals surface area contributed by atoms with Crippen molar-refractivity contribution in [1.29, 1.82) is 0 Å². The lowest BCUT2D eigenvalue weighted by molar-refractivity contribution is -0.113. The Morgan fingerprint density at radius 1 is 1.08 bits per heavy atom. The molecule has 0 spiro atoms. The van der Waals surface area contributed by atoms with Gasteiger partial charge in [-0.25, -0.2) is 0 Å². The minimum atomic E-state index is -0.211. The lowest BCUT2D eigenvalue weighted by Crippen LogP contribution is -2.15. The van der Waals surface area contributed by atoms with E-state index in [-0.39, 0.29) is 11.7 Å². The fraction of sp³-hybridized carbons (Fsp3) is 0.167. The minimum absolute atomic E-state index is 0.179. The van der Waals surface area contributed by atoms with E-state index in [1.54, 1.807) is 18.2 Å². The number of carbonyl (C=O) groups excluding carboxylic acids is 1. The molecule has 0 aliphatic carbocycles. The van der Waals surface area contributed by atoms with Crippen molar-refractivity contribution in [1.82, 2.24) is 14.8 Å². The SMILES string of the molecule is Cn1c(Cc2ccccc2)nnc1SCC(=O)Nc1c(Cl)cccc1Cl. The van der Waals surface area contributed by atoms with E-state index in [2.05, 4.69) is 15.5 Å². The summed E-state index contributed by atoms with van der Waals surface area (Å²) in [5.74, 6) is 0.810. The molecule has 0 atom stereocenters. The van der Waals surface area contributed by atoms with Gasteiger partial charge in [0, 0.05) is 13.5 Å². The van der Waals surface area contributed by atoms with Crippen LogP contribution in [0.4, 0.5) is 5.69 Å². The normalized spacial score (nSPS) is 10.7. The zero-order chi connectivity index (χ0) is 18.5. The molecular formula is C18H16Cl2N4OS. The van der Waals surface area contributed by atoms with Crippen LogP contribution < -0.4 is 5.32 Å². The average Bonchev–Trinajstić information content (AvgIpc) is 2.97. The van der Waals surface area contributed by atoms with E-state index in [9.17, 15) is 4.79 Å². The van der Waals surface area contributed by atoms with E-state index in [0.717, 1.165) is 11.4 Å². The summed E-state index contributed by atoms with van der Waals surface area (Å²) in [6.07, 6.45) is 0.687. The Morgan fingerprint density at radius 3 is 2.46 bits per heavy atom. The Morgan fingerprint density at radius 2 is 1.77 bits per heavy atom. The molecule has 1 amide bonds. The number of carbonyl (C=O) groups is 1. The molecule has 0 saturated heterocycles. The fourth-order valence-corrected chi connectivity index (χ4v) is 3.55. The van der Waals surface area contributed by atoms with Crippen LogP contribution in [0.2, 0.25) is 10.0 Å². The van der Waals surface area contributed by atoms with Crippen LogP contribution in [0.1, 0.15) is 11.4 Å². The molecule has 0 unspecified atom stereocenters. The summed E-state index contributed by atoms with van der Waals surface area (Å²) >= 11 is 13.4. The van der Waals surface area contributed by atoms with Crippen molar-refractivity contribution in [3.63, 3.8) is 0 Å². The number of thioether (sulfide) groups is 1. The maximum Gasteiger partial charge on any atom is 0.234 e. The number of halogens is 2. The van der Waals surface area contributed by atoms with Gasteiger partial charge in [-0.1, -0.05) is 71.4 Å². The topological polar surface area (TPSA) is 59.8 Å². The maximum absolute atomic E-state index is 12.2. The monoisotopic (exact) mass is 406 g/mol. The Labute approximate surface area is 165 Å². The zero-order valence-corrected chi connectivity index (χ0v) is 16.3. The highest BCUT2D eigenvalue weighted by Crippen LogP contribution is 2.30. The van der Waals surface area contributed by atoms with E-state index in [0.29, 0.717) is 27.3 Å². The van der Waals surface area contributed by atoms with Gasteiger partial charge < -0.3 is 9.88 Å². The third kappa shape index (κ3) is 4.58. The predicted octanol–water partition coefficient (Wildman–Crippen LogP) is 4.44. The summed E-state index contributed by atoms with van der Waals surface area (Å²) in [5.41, 5.74) is 1.58. The zero-order valence-electron chi connectivity index (χ0n) is 13.9.